The van der Waals surface area contributed by atoms with Crippen LogP contribution in [0.1, 0.15) is 40.5 Å². The minimum Gasteiger partial charge on any atom is -0.465 e. The van der Waals surface area contributed by atoms with Crippen molar-refractivity contribution in [1.29, 1.82) is 5.26 Å². The normalized spacial score (nSPS) is 13.8. The Balaban J connectivity index is 5.15. The van der Waals surface area contributed by atoms with Gasteiger partial charge >= 0.3 is 11.9 Å². The molecule has 0 saturated heterocycles. The highest BCUT2D eigenvalue weighted by molar-refractivity contribution is 5.87. The maximum atomic E-state index is 12.0. The fraction of sp³-hybridized carbons (Fsp3) is 0.667. The molecule has 0 saturated carbocycles. The Morgan fingerprint density at radius 2 is 1.85 bits per heavy atom. The van der Waals surface area contributed by atoms with E-state index in [1.54, 1.807) is 13.8 Å². The molecule has 5 nitrogen and oxygen atoms in total. The average Bonchev–Trinajstić information content (AvgIpc) is 2.40. The summed E-state index contributed by atoms with van der Waals surface area (Å²) in [5, 5.41) is 9.38. The van der Waals surface area contributed by atoms with E-state index in [0.717, 1.165) is 6.08 Å². The molecule has 20 heavy (non-hydrogen) atoms. The highest BCUT2D eigenvalue weighted by Gasteiger charge is 2.37. The Kier molecular flexibility index (Phi) is 8.30. The van der Waals surface area contributed by atoms with Gasteiger partial charge in [0.1, 0.15) is 0 Å². The lowest BCUT2D eigenvalue weighted by Gasteiger charge is -2.21. The van der Waals surface area contributed by atoms with Crippen molar-refractivity contribution in [3.8, 4) is 6.07 Å². The molecule has 0 bridgehead atoms. The molecule has 1 atom stereocenters. The minimum atomic E-state index is -1.42. The SMILES string of the molecule is CCOC(=O)/C=C\C(C#N)(CCC(C)C)C(=O)OCC. The Hall–Kier alpha value is -1.83. The molecule has 0 aromatic heterocycles. The molecule has 1 unspecified atom stereocenters. The summed E-state index contributed by atoms with van der Waals surface area (Å²) >= 11 is 0. The first-order valence-electron chi connectivity index (χ1n) is 6.86. The van der Waals surface area contributed by atoms with Crippen molar-refractivity contribution >= 4 is 11.9 Å². The highest BCUT2D eigenvalue weighted by Crippen LogP contribution is 2.29. The number of hydrogen-bond acceptors (Lipinski definition) is 5. The standard InChI is InChI=1S/C15H23NO4/c1-5-19-13(17)8-10-15(11-16,9-7-12(3)4)14(18)20-6-2/h8,10,12H,5-7,9H2,1-4H3/b10-8-. The molecule has 0 rings (SSSR count). The molecule has 0 fully saturated rings. The third-order valence-electron chi connectivity index (χ3n) is 2.75. The van der Waals surface area contributed by atoms with Crippen LogP contribution in [0.4, 0.5) is 0 Å². The van der Waals surface area contributed by atoms with Gasteiger partial charge < -0.3 is 9.47 Å². The summed E-state index contributed by atoms with van der Waals surface area (Å²) in [6, 6.07) is 1.98. The first-order valence-corrected chi connectivity index (χ1v) is 6.86. The number of hydrogen-bond donors (Lipinski definition) is 0. The minimum absolute atomic E-state index is 0.192. The lowest BCUT2D eigenvalue weighted by Crippen LogP contribution is -2.30. The van der Waals surface area contributed by atoms with Gasteiger partial charge in [-0.3, -0.25) is 0 Å². The molecule has 0 spiro atoms. The van der Waals surface area contributed by atoms with Gasteiger partial charge in [-0.15, -0.1) is 0 Å². The van der Waals surface area contributed by atoms with Crippen LogP contribution in [0, 0.1) is 22.7 Å². The second-order valence-electron chi connectivity index (χ2n) is 4.82. The van der Waals surface area contributed by atoms with Crippen LogP contribution in [0.25, 0.3) is 0 Å². The summed E-state index contributed by atoms with van der Waals surface area (Å²) in [7, 11) is 0. The first-order chi connectivity index (χ1) is 9.41. The summed E-state index contributed by atoms with van der Waals surface area (Å²) in [5.41, 5.74) is -1.42. The van der Waals surface area contributed by atoms with Crippen molar-refractivity contribution in [3.63, 3.8) is 0 Å². The van der Waals surface area contributed by atoms with Crippen LogP contribution >= 0.6 is 0 Å². The van der Waals surface area contributed by atoms with Gasteiger partial charge in [-0.1, -0.05) is 13.8 Å². The number of nitrogens with zero attached hydrogens (tertiary/aromatic N) is 1. The predicted molar refractivity (Wildman–Crippen MR) is 74.5 cm³/mol. The third-order valence-corrected chi connectivity index (χ3v) is 2.75. The Labute approximate surface area is 120 Å². The van der Waals surface area contributed by atoms with Gasteiger partial charge in [0.15, 0.2) is 5.41 Å². The molecule has 0 amide bonds. The van der Waals surface area contributed by atoms with Gasteiger partial charge in [0, 0.05) is 6.08 Å². The van der Waals surface area contributed by atoms with Crippen LogP contribution in [-0.2, 0) is 19.1 Å². The van der Waals surface area contributed by atoms with E-state index in [9.17, 15) is 14.9 Å². The molecule has 112 valence electrons. The summed E-state index contributed by atoms with van der Waals surface area (Å²) < 4.78 is 9.72. The van der Waals surface area contributed by atoms with Crippen molar-refractivity contribution in [2.45, 2.75) is 40.5 Å². The Morgan fingerprint density at radius 1 is 1.25 bits per heavy atom. The lowest BCUT2D eigenvalue weighted by molar-refractivity contribution is -0.150. The predicted octanol–water partition coefficient (Wildman–Crippen LogP) is 2.61. The molecular formula is C15H23NO4. The van der Waals surface area contributed by atoms with Crippen LogP contribution in [-0.4, -0.2) is 25.2 Å². The Morgan fingerprint density at radius 3 is 2.30 bits per heavy atom. The van der Waals surface area contributed by atoms with E-state index in [1.807, 2.05) is 19.9 Å². The van der Waals surface area contributed by atoms with Crippen molar-refractivity contribution < 1.29 is 19.1 Å². The maximum Gasteiger partial charge on any atom is 0.330 e. The molecule has 0 aliphatic heterocycles. The highest BCUT2D eigenvalue weighted by atomic mass is 16.5. The van der Waals surface area contributed by atoms with Crippen LogP contribution in [0.3, 0.4) is 0 Å². The largest absolute Gasteiger partial charge is 0.465 e. The van der Waals surface area contributed by atoms with Gasteiger partial charge in [0.2, 0.25) is 0 Å². The van der Waals surface area contributed by atoms with E-state index >= 15 is 0 Å². The topological polar surface area (TPSA) is 76.4 Å². The molecule has 0 aromatic rings. The maximum absolute atomic E-state index is 12.0. The number of ether oxygens (including phenoxy) is 2. The van der Waals surface area contributed by atoms with Gasteiger partial charge in [0.05, 0.1) is 19.3 Å². The first kappa shape index (κ1) is 18.2. The molecular weight excluding hydrogens is 258 g/mol. The van der Waals surface area contributed by atoms with E-state index in [1.165, 1.54) is 6.08 Å². The van der Waals surface area contributed by atoms with Crippen molar-refractivity contribution in [3.05, 3.63) is 12.2 Å². The summed E-state index contributed by atoms with van der Waals surface area (Å²) in [4.78, 5) is 23.4. The van der Waals surface area contributed by atoms with Gasteiger partial charge in [0.25, 0.3) is 0 Å². The second kappa shape index (κ2) is 9.13. The lowest BCUT2D eigenvalue weighted by atomic mass is 9.82. The van der Waals surface area contributed by atoms with E-state index in [0.29, 0.717) is 18.8 Å². The van der Waals surface area contributed by atoms with Gasteiger partial charge in [-0.2, -0.15) is 5.26 Å². The molecule has 0 aromatic carbocycles. The fourth-order valence-corrected chi connectivity index (χ4v) is 1.57. The monoisotopic (exact) mass is 281 g/mol. The van der Waals surface area contributed by atoms with Gasteiger partial charge in [-0.25, -0.2) is 9.59 Å². The van der Waals surface area contributed by atoms with E-state index in [4.69, 9.17) is 9.47 Å². The zero-order chi connectivity index (χ0) is 15.6. The van der Waals surface area contributed by atoms with Gasteiger partial charge in [-0.05, 0) is 38.7 Å². The third kappa shape index (κ3) is 5.87. The van der Waals surface area contributed by atoms with E-state index < -0.39 is 17.4 Å². The number of carbonyl (C=O) groups excluding carboxylic acids is 2. The summed E-state index contributed by atoms with van der Waals surface area (Å²) in [5.74, 6) is -0.849. The number of carbonyl (C=O) groups is 2. The van der Waals surface area contributed by atoms with Crippen molar-refractivity contribution in [2.24, 2.45) is 11.3 Å². The van der Waals surface area contributed by atoms with Crippen molar-refractivity contribution in [1.82, 2.24) is 0 Å². The molecule has 5 heteroatoms. The summed E-state index contributed by atoms with van der Waals surface area (Å²) in [6.45, 7) is 7.81. The molecule has 0 aliphatic rings. The van der Waals surface area contributed by atoms with Crippen LogP contribution in [0.5, 0.6) is 0 Å². The summed E-state index contributed by atoms with van der Waals surface area (Å²) in [6.07, 6.45) is 3.42. The number of esters is 2. The average molecular weight is 281 g/mol. The fourth-order valence-electron chi connectivity index (χ4n) is 1.57. The smallest absolute Gasteiger partial charge is 0.330 e. The second-order valence-corrected chi connectivity index (χ2v) is 4.82. The van der Waals surface area contributed by atoms with E-state index in [2.05, 4.69) is 0 Å². The zero-order valence-corrected chi connectivity index (χ0v) is 12.6. The van der Waals surface area contributed by atoms with Crippen LogP contribution < -0.4 is 0 Å². The van der Waals surface area contributed by atoms with Crippen molar-refractivity contribution in [2.75, 3.05) is 13.2 Å². The number of nitriles is 1. The molecule has 0 radical (unpaired) electrons. The quantitative estimate of drug-likeness (QED) is 0.505. The van der Waals surface area contributed by atoms with E-state index in [-0.39, 0.29) is 13.2 Å². The number of rotatable bonds is 8. The molecule has 0 N–H and O–H groups in total. The molecule has 0 aliphatic carbocycles. The molecule has 0 heterocycles. The zero-order valence-electron chi connectivity index (χ0n) is 12.6. The van der Waals surface area contributed by atoms with Crippen LogP contribution in [0.15, 0.2) is 12.2 Å². The Bertz CT molecular complexity index is 395. The van der Waals surface area contributed by atoms with Crippen LogP contribution in [0.2, 0.25) is 0 Å².